The largest absolute Gasteiger partial charge is 0.485 e. The molecule has 39 heavy (non-hydrogen) atoms. The lowest BCUT2D eigenvalue weighted by molar-refractivity contribution is 0.0579. The quantitative estimate of drug-likeness (QED) is 0.354. The zero-order valence-electron chi connectivity index (χ0n) is 22.0. The normalized spacial score (nSPS) is 14.8. The van der Waals surface area contributed by atoms with Crippen LogP contribution in [-0.2, 0) is 11.3 Å². The Morgan fingerprint density at radius 2 is 1.77 bits per heavy atom. The van der Waals surface area contributed by atoms with Crippen LogP contribution in [0.15, 0.2) is 60.8 Å². The minimum Gasteiger partial charge on any atom is -0.485 e. The smallest absolute Gasteiger partial charge is 0.414 e. The third-order valence-electron chi connectivity index (χ3n) is 6.32. The fourth-order valence-corrected chi connectivity index (χ4v) is 4.61. The number of rotatable bonds is 5. The standard InChI is InChI=1S/C29H28F2N4O4/c1-17-25(34-14-8-13-24(26(34)32-17)38-16-19-20(30)10-7-11-21(19)31)27(36)33-22-15-35(28(37)39-29(2,3)4)23-12-6-5-9-18(22)23/h5-14,22H,15-16H2,1-4H3,(H,33,36). The zero-order chi connectivity index (χ0) is 27.9. The molecule has 0 aliphatic carbocycles. The highest BCUT2D eigenvalue weighted by molar-refractivity contribution is 5.97. The van der Waals surface area contributed by atoms with E-state index in [1.54, 1.807) is 50.4 Å². The van der Waals surface area contributed by atoms with E-state index in [2.05, 4.69) is 10.3 Å². The molecule has 4 aromatic rings. The number of amides is 2. The second kappa shape index (κ2) is 10.0. The van der Waals surface area contributed by atoms with Crippen molar-refractivity contribution >= 4 is 23.3 Å². The Bertz CT molecular complexity index is 1560. The van der Waals surface area contributed by atoms with Gasteiger partial charge in [0.2, 0.25) is 0 Å². The van der Waals surface area contributed by atoms with E-state index in [1.165, 1.54) is 11.0 Å². The number of aromatic nitrogens is 2. The first-order valence-corrected chi connectivity index (χ1v) is 12.5. The van der Waals surface area contributed by atoms with Crippen molar-refractivity contribution in [2.75, 3.05) is 11.4 Å². The number of halogens is 2. The van der Waals surface area contributed by atoms with Crippen molar-refractivity contribution in [3.63, 3.8) is 0 Å². The Kier molecular flexibility index (Phi) is 6.71. The van der Waals surface area contributed by atoms with Gasteiger partial charge in [-0.1, -0.05) is 24.3 Å². The molecule has 1 atom stereocenters. The molecule has 1 aliphatic heterocycles. The van der Waals surface area contributed by atoms with Gasteiger partial charge in [-0.05, 0) is 58.0 Å². The Morgan fingerprint density at radius 1 is 1.05 bits per heavy atom. The van der Waals surface area contributed by atoms with E-state index < -0.39 is 35.3 Å². The molecule has 0 fully saturated rings. The van der Waals surface area contributed by atoms with Crippen LogP contribution in [0, 0.1) is 18.6 Å². The first kappa shape index (κ1) is 26.1. The summed E-state index contributed by atoms with van der Waals surface area (Å²) < 4.78 is 41.0. The van der Waals surface area contributed by atoms with Crippen LogP contribution in [0.3, 0.4) is 0 Å². The Balaban J connectivity index is 1.39. The minimum absolute atomic E-state index is 0.199. The first-order valence-electron chi connectivity index (χ1n) is 12.5. The van der Waals surface area contributed by atoms with Crippen LogP contribution in [0.2, 0.25) is 0 Å². The fraction of sp³-hybridized carbons (Fsp3) is 0.276. The average Bonchev–Trinajstić information content (AvgIpc) is 3.40. The topological polar surface area (TPSA) is 85.2 Å². The lowest BCUT2D eigenvalue weighted by Gasteiger charge is -2.25. The van der Waals surface area contributed by atoms with Crippen LogP contribution < -0.4 is 15.0 Å². The van der Waals surface area contributed by atoms with Crippen molar-refractivity contribution in [2.45, 2.75) is 45.9 Å². The van der Waals surface area contributed by atoms with Crippen molar-refractivity contribution in [1.29, 1.82) is 0 Å². The molecule has 1 aliphatic rings. The maximum Gasteiger partial charge on any atom is 0.414 e. The molecule has 10 heteroatoms. The van der Waals surface area contributed by atoms with E-state index >= 15 is 0 Å². The number of pyridine rings is 1. The lowest BCUT2D eigenvalue weighted by atomic mass is 10.1. The van der Waals surface area contributed by atoms with E-state index in [9.17, 15) is 18.4 Å². The predicted octanol–water partition coefficient (Wildman–Crippen LogP) is 5.73. The number of anilines is 1. The van der Waals surface area contributed by atoms with Crippen molar-refractivity contribution in [1.82, 2.24) is 14.7 Å². The Morgan fingerprint density at radius 3 is 2.49 bits per heavy atom. The fourth-order valence-electron chi connectivity index (χ4n) is 4.61. The van der Waals surface area contributed by atoms with Gasteiger partial charge in [0, 0.05) is 11.8 Å². The number of imidazole rings is 1. The highest BCUT2D eigenvalue weighted by atomic mass is 19.1. The molecule has 2 aromatic heterocycles. The van der Waals surface area contributed by atoms with Crippen LogP contribution in [-0.4, -0.2) is 33.5 Å². The van der Waals surface area contributed by atoms with Crippen LogP contribution in [0.25, 0.3) is 5.65 Å². The van der Waals surface area contributed by atoms with Gasteiger partial charge >= 0.3 is 6.09 Å². The maximum atomic E-state index is 14.1. The van der Waals surface area contributed by atoms with E-state index in [4.69, 9.17) is 9.47 Å². The number of para-hydroxylation sites is 1. The molecule has 1 unspecified atom stereocenters. The summed E-state index contributed by atoms with van der Waals surface area (Å²) in [6, 6.07) is 13.8. The van der Waals surface area contributed by atoms with Gasteiger partial charge in [-0.3, -0.25) is 14.1 Å². The molecule has 2 aromatic carbocycles. The van der Waals surface area contributed by atoms with Crippen LogP contribution in [0.1, 0.15) is 54.1 Å². The van der Waals surface area contributed by atoms with Crippen molar-refractivity contribution < 1.29 is 27.8 Å². The van der Waals surface area contributed by atoms with Gasteiger partial charge in [0.15, 0.2) is 11.4 Å². The molecule has 0 saturated carbocycles. The van der Waals surface area contributed by atoms with Gasteiger partial charge in [0.05, 0.1) is 29.5 Å². The molecule has 5 rings (SSSR count). The second-order valence-electron chi connectivity index (χ2n) is 10.3. The molecule has 0 saturated heterocycles. The third kappa shape index (κ3) is 5.14. The first-order chi connectivity index (χ1) is 18.5. The number of hydrogen-bond donors (Lipinski definition) is 1. The predicted molar refractivity (Wildman–Crippen MR) is 141 cm³/mol. The average molecular weight is 535 g/mol. The number of fused-ring (bicyclic) bond motifs is 2. The summed E-state index contributed by atoms with van der Waals surface area (Å²) >= 11 is 0. The molecule has 0 spiro atoms. The summed E-state index contributed by atoms with van der Waals surface area (Å²) in [6.45, 7) is 6.94. The summed E-state index contributed by atoms with van der Waals surface area (Å²) in [4.78, 5) is 32.4. The van der Waals surface area contributed by atoms with Gasteiger partial charge in [-0.25, -0.2) is 18.6 Å². The van der Waals surface area contributed by atoms with Gasteiger partial charge in [0.1, 0.15) is 29.5 Å². The van der Waals surface area contributed by atoms with Gasteiger partial charge in [-0.15, -0.1) is 0 Å². The molecule has 0 radical (unpaired) electrons. The molecule has 202 valence electrons. The maximum absolute atomic E-state index is 14.1. The number of benzene rings is 2. The van der Waals surface area contributed by atoms with E-state index in [-0.39, 0.29) is 30.2 Å². The number of carbonyl (C=O) groups is 2. The number of nitrogens with one attached hydrogen (secondary N) is 1. The van der Waals surface area contributed by atoms with Gasteiger partial charge in [0.25, 0.3) is 5.91 Å². The zero-order valence-corrected chi connectivity index (χ0v) is 22.0. The highest BCUT2D eigenvalue weighted by Crippen LogP contribution is 2.36. The summed E-state index contributed by atoms with van der Waals surface area (Å²) in [6.07, 6.45) is 1.17. The van der Waals surface area contributed by atoms with Crippen LogP contribution >= 0.6 is 0 Å². The monoisotopic (exact) mass is 534 g/mol. The number of nitrogens with zero attached hydrogens (tertiary/aromatic N) is 3. The van der Waals surface area contributed by atoms with E-state index in [0.29, 0.717) is 17.0 Å². The molecular weight excluding hydrogens is 506 g/mol. The van der Waals surface area contributed by atoms with Crippen molar-refractivity contribution in [3.05, 3.63) is 94.9 Å². The van der Waals surface area contributed by atoms with Crippen LogP contribution in [0.4, 0.5) is 19.3 Å². The molecule has 3 heterocycles. The molecule has 8 nitrogen and oxygen atoms in total. The molecular formula is C29H28F2N4O4. The summed E-state index contributed by atoms with van der Waals surface area (Å²) in [5.41, 5.74) is 1.65. The Labute approximate surface area is 224 Å². The van der Waals surface area contributed by atoms with Gasteiger partial charge < -0.3 is 14.8 Å². The third-order valence-corrected chi connectivity index (χ3v) is 6.32. The molecule has 0 bridgehead atoms. The molecule has 1 N–H and O–H groups in total. The van der Waals surface area contributed by atoms with Crippen LogP contribution in [0.5, 0.6) is 5.75 Å². The summed E-state index contributed by atoms with van der Waals surface area (Å²) in [5, 5.41) is 3.02. The minimum atomic E-state index is -0.709. The summed E-state index contributed by atoms with van der Waals surface area (Å²) in [5.74, 6) is -1.55. The second-order valence-corrected chi connectivity index (χ2v) is 10.3. The van der Waals surface area contributed by atoms with Gasteiger partial charge in [-0.2, -0.15) is 0 Å². The summed E-state index contributed by atoms with van der Waals surface area (Å²) in [7, 11) is 0. The SMILES string of the molecule is Cc1nc2c(OCc3c(F)cccc3F)cccn2c1C(=O)NC1CN(C(=O)OC(C)(C)C)c2ccccc21. The number of ether oxygens (including phenoxy) is 2. The van der Waals surface area contributed by atoms with Crippen molar-refractivity contribution in [2.24, 2.45) is 0 Å². The number of aryl methyl sites for hydroxylation is 1. The van der Waals surface area contributed by atoms with E-state index in [1.807, 2.05) is 24.3 Å². The van der Waals surface area contributed by atoms with E-state index in [0.717, 1.165) is 17.7 Å². The highest BCUT2D eigenvalue weighted by Gasteiger charge is 2.36. The van der Waals surface area contributed by atoms with Crippen molar-refractivity contribution in [3.8, 4) is 5.75 Å². The number of carbonyl (C=O) groups excluding carboxylic acids is 2. The number of hydrogen-bond acceptors (Lipinski definition) is 5. The lowest BCUT2D eigenvalue weighted by Crippen LogP contribution is -2.39. The Hall–Kier alpha value is -4.47. The molecule has 2 amide bonds.